The number of hydrogen-bond donors (Lipinski definition) is 1. The summed E-state index contributed by atoms with van der Waals surface area (Å²) in [5.41, 5.74) is 8.59. The van der Waals surface area contributed by atoms with E-state index in [1.807, 2.05) is 42.2 Å². The second-order valence-corrected chi connectivity index (χ2v) is 6.83. The van der Waals surface area contributed by atoms with Gasteiger partial charge in [0.2, 0.25) is 0 Å². The number of hydrogen-bond acceptors (Lipinski definition) is 3. The van der Waals surface area contributed by atoms with Gasteiger partial charge in [0.1, 0.15) is 0 Å². The molecule has 26 heavy (non-hydrogen) atoms. The minimum atomic E-state index is -0.0262. The van der Waals surface area contributed by atoms with Crippen molar-refractivity contribution in [3.05, 3.63) is 53.3 Å². The minimum absolute atomic E-state index is 0. The van der Waals surface area contributed by atoms with E-state index >= 15 is 0 Å². The highest BCUT2D eigenvalue weighted by Crippen LogP contribution is 2.25. The molecule has 1 fully saturated rings. The second kappa shape index (κ2) is 10.1. The average molecular weight is 417 g/mol. The van der Waals surface area contributed by atoms with Crippen LogP contribution in [0.5, 0.6) is 0 Å². The fourth-order valence-electron chi connectivity index (χ4n) is 3.28. The Kier molecular flexibility index (Phi) is 8.84. The second-order valence-electron chi connectivity index (χ2n) is 6.39. The van der Waals surface area contributed by atoms with Crippen LogP contribution in [-0.2, 0) is 0 Å². The maximum absolute atomic E-state index is 13.0. The van der Waals surface area contributed by atoms with Gasteiger partial charge < -0.3 is 10.6 Å². The molecule has 0 radical (unpaired) electrons. The molecule has 142 valence electrons. The summed E-state index contributed by atoms with van der Waals surface area (Å²) in [6, 6.07) is 9.50. The molecule has 1 aromatic heterocycles. The van der Waals surface area contributed by atoms with Crippen LogP contribution in [0, 0.1) is 0 Å². The number of amides is 1. The molecule has 0 bridgehead atoms. The molecule has 4 nitrogen and oxygen atoms in total. The van der Waals surface area contributed by atoms with Gasteiger partial charge in [-0.25, -0.2) is 0 Å². The third-order valence-corrected chi connectivity index (χ3v) is 4.83. The van der Waals surface area contributed by atoms with Crippen molar-refractivity contribution < 1.29 is 4.79 Å². The number of nitrogens with two attached hydrogens (primary N) is 1. The Morgan fingerprint density at radius 2 is 1.88 bits per heavy atom. The first-order valence-corrected chi connectivity index (χ1v) is 8.71. The number of piperidine rings is 1. The molecule has 0 spiro atoms. The summed E-state index contributed by atoms with van der Waals surface area (Å²) in [6.45, 7) is 2.73. The first kappa shape index (κ1) is 22.7. The van der Waals surface area contributed by atoms with Crippen molar-refractivity contribution in [2.45, 2.75) is 38.3 Å². The van der Waals surface area contributed by atoms with Crippen LogP contribution in [0.15, 0.2) is 42.7 Å². The molecule has 2 heterocycles. The van der Waals surface area contributed by atoms with Gasteiger partial charge in [-0.05, 0) is 49.9 Å². The molecular formula is C19H24Cl3N3O. The van der Waals surface area contributed by atoms with Crippen molar-refractivity contribution in [2.75, 3.05) is 6.54 Å². The van der Waals surface area contributed by atoms with Crippen LogP contribution in [-0.4, -0.2) is 34.4 Å². The molecule has 1 aliphatic heterocycles. The number of nitrogens with zero attached hydrogens (tertiary/aromatic N) is 2. The highest BCUT2D eigenvalue weighted by molar-refractivity contribution is 6.30. The van der Waals surface area contributed by atoms with Gasteiger partial charge in [-0.2, -0.15) is 0 Å². The topological polar surface area (TPSA) is 59.2 Å². The molecule has 3 rings (SSSR count). The summed E-state index contributed by atoms with van der Waals surface area (Å²) >= 11 is 5.94. The highest BCUT2D eigenvalue weighted by atomic mass is 35.5. The van der Waals surface area contributed by atoms with Crippen molar-refractivity contribution in [3.8, 4) is 11.1 Å². The van der Waals surface area contributed by atoms with E-state index in [1.54, 1.807) is 12.4 Å². The Balaban J connectivity index is 0.00000169. The van der Waals surface area contributed by atoms with Gasteiger partial charge in [0.25, 0.3) is 5.91 Å². The quantitative estimate of drug-likeness (QED) is 0.796. The van der Waals surface area contributed by atoms with E-state index in [2.05, 4.69) is 4.98 Å². The van der Waals surface area contributed by atoms with Crippen LogP contribution < -0.4 is 5.73 Å². The smallest absolute Gasteiger partial charge is 0.255 e. The third kappa shape index (κ3) is 5.10. The number of rotatable bonds is 3. The largest absolute Gasteiger partial charge is 0.334 e. The van der Waals surface area contributed by atoms with Crippen molar-refractivity contribution in [3.63, 3.8) is 0 Å². The van der Waals surface area contributed by atoms with Gasteiger partial charge in [-0.1, -0.05) is 23.7 Å². The molecule has 0 aliphatic carbocycles. The molecule has 2 atom stereocenters. The van der Waals surface area contributed by atoms with Crippen molar-refractivity contribution >= 4 is 42.3 Å². The van der Waals surface area contributed by atoms with Crippen LogP contribution in [0.2, 0.25) is 5.02 Å². The van der Waals surface area contributed by atoms with Gasteiger partial charge in [-0.3, -0.25) is 9.78 Å². The summed E-state index contributed by atoms with van der Waals surface area (Å²) in [5, 5.41) is 0.687. The van der Waals surface area contributed by atoms with E-state index in [9.17, 15) is 4.79 Å². The molecule has 1 saturated heterocycles. The van der Waals surface area contributed by atoms with Crippen LogP contribution in [0.1, 0.15) is 36.5 Å². The van der Waals surface area contributed by atoms with Gasteiger partial charge in [0, 0.05) is 41.6 Å². The summed E-state index contributed by atoms with van der Waals surface area (Å²) < 4.78 is 0. The fraction of sp³-hybridized carbons (Fsp3) is 0.368. The maximum Gasteiger partial charge on any atom is 0.255 e. The summed E-state index contributed by atoms with van der Waals surface area (Å²) in [5.74, 6) is 0.0142. The van der Waals surface area contributed by atoms with E-state index in [4.69, 9.17) is 17.3 Å². The van der Waals surface area contributed by atoms with E-state index in [0.717, 1.165) is 36.9 Å². The fourth-order valence-corrected chi connectivity index (χ4v) is 3.41. The Labute approximate surface area is 171 Å². The minimum Gasteiger partial charge on any atom is -0.334 e. The molecule has 0 saturated carbocycles. The molecule has 7 heteroatoms. The number of halogens is 3. The van der Waals surface area contributed by atoms with Crippen LogP contribution in [0.3, 0.4) is 0 Å². The first-order chi connectivity index (χ1) is 11.6. The van der Waals surface area contributed by atoms with Crippen molar-refractivity contribution in [1.82, 2.24) is 9.88 Å². The predicted octanol–water partition coefficient (Wildman–Crippen LogP) is 4.59. The van der Waals surface area contributed by atoms with Crippen LogP contribution >= 0.6 is 36.4 Å². The number of carbonyl (C=O) groups excluding carboxylic acids is 1. The molecule has 2 N–H and O–H groups in total. The Hall–Kier alpha value is -1.33. The Bertz CT molecular complexity index is 722. The predicted molar refractivity (Wildman–Crippen MR) is 112 cm³/mol. The van der Waals surface area contributed by atoms with E-state index in [1.165, 1.54) is 0 Å². The highest BCUT2D eigenvalue weighted by Gasteiger charge is 2.30. The maximum atomic E-state index is 13.0. The van der Waals surface area contributed by atoms with Gasteiger partial charge >= 0.3 is 0 Å². The first-order valence-electron chi connectivity index (χ1n) is 8.34. The molecule has 2 unspecified atom stereocenters. The normalized spacial score (nSPS) is 17.7. The van der Waals surface area contributed by atoms with E-state index in [-0.39, 0.29) is 42.8 Å². The van der Waals surface area contributed by atoms with E-state index < -0.39 is 0 Å². The lowest BCUT2D eigenvalue weighted by Crippen LogP contribution is -2.51. The van der Waals surface area contributed by atoms with Crippen LogP contribution in [0.25, 0.3) is 11.1 Å². The number of pyridine rings is 1. The standard InChI is InChI=1S/C19H22ClN3O.2ClH/c1-13(21)18-4-2-3-9-23(18)19(24)16-10-15(11-22-12-16)14-5-7-17(20)8-6-14;;/h5-8,10-13,18H,2-4,9,21H2,1H3;2*1H. The van der Waals surface area contributed by atoms with Gasteiger partial charge in [0.05, 0.1) is 5.56 Å². The molecule has 1 amide bonds. The third-order valence-electron chi connectivity index (χ3n) is 4.58. The zero-order chi connectivity index (χ0) is 17.1. The summed E-state index contributed by atoms with van der Waals surface area (Å²) in [4.78, 5) is 19.1. The molecule has 1 aliphatic rings. The zero-order valence-electron chi connectivity index (χ0n) is 14.6. The van der Waals surface area contributed by atoms with Gasteiger partial charge in [-0.15, -0.1) is 24.8 Å². The van der Waals surface area contributed by atoms with Gasteiger partial charge in [0.15, 0.2) is 0 Å². The zero-order valence-corrected chi connectivity index (χ0v) is 17.0. The lowest BCUT2D eigenvalue weighted by atomic mass is 9.96. The number of aromatic nitrogens is 1. The van der Waals surface area contributed by atoms with Crippen LogP contribution in [0.4, 0.5) is 0 Å². The molecular weight excluding hydrogens is 393 g/mol. The molecule has 1 aromatic carbocycles. The lowest BCUT2D eigenvalue weighted by Gasteiger charge is -2.38. The summed E-state index contributed by atoms with van der Waals surface area (Å²) in [7, 11) is 0. The van der Waals surface area contributed by atoms with E-state index in [0.29, 0.717) is 10.6 Å². The van der Waals surface area contributed by atoms with Crippen molar-refractivity contribution in [2.24, 2.45) is 5.73 Å². The van der Waals surface area contributed by atoms with Crippen molar-refractivity contribution in [1.29, 1.82) is 0 Å². The summed E-state index contributed by atoms with van der Waals surface area (Å²) in [6.07, 6.45) is 6.51. The number of likely N-dealkylation sites (tertiary alicyclic amines) is 1. The molecule has 2 aromatic rings. The SMILES string of the molecule is CC(N)C1CCCCN1C(=O)c1cncc(-c2ccc(Cl)cc2)c1.Cl.Cl. The number of benzene rings is 1. The number of carbonyl (C=O) groups is 1. The Morgan fingerprint density at radius 1 is 1.19 bits per heavy atom. The lowest BCUT2D eigenvalue weighted by molar-refractivity contribution is 0.0583. The Morgan fingerprint density at radius 3 is 2.54 bits per heavy atom. The average Bonchev–Trinajstić information content (AvgIpc) is 2.62. The monoisotopic (exact) mass is 415 g/mol.